The van der Waals surface area contributed by atoms with Crippen LogP contribution in [0.25, 0.3) is 0 Å². The molecule has 0 saturated carbocycles. The molecule has 24 heavy (non-hydrogen) atoms. The van der Waals surface area contributed by atoms with Gasteiger partial charge in [-0.25, -0.2) is 0 Å². The number of carbonyl (C=O) groups is 2. The summed E-state index contributed by atoms with van der Waals surface area (Å²) in [5, 5.41) is 10.2. The Labute approximate surface area is 140 Å². The summed E-state index contributed by atoms with van der Waals surface area (Å²) in [6.07, 6.45) is 2.33. The second-order valence-electron chi connectivity index (χ2n) is 6.34. The third-order valence-electron chi connectivity index (χ3n) is 3.95. The van der Waals surface area contributed by atoms with Crippen LogP contribution >= 0.6 is 0 Å². The van der Waals surface area contributed by atoms with Crippen molar-refractivity contribution >= 4 is 11.8 Å². The second kappa shape index (κ2) is 6.43. The van der Waals surface area contributed by atoms with Crippen molar-refractivity contribution in [2.75, 3.05) is 0 Å². The Morgan fingerprint density at radius 3 is 2.79 bits per heavy atom. The highest BCUT2D eigenvalue weighted by Gasteiger charge is 2.27. The molecule has 1 unspecified atom stereocenters. The highest BCUT2D eigenvalue weighted by atomic mass is 16.2. The van der Waals surface area contributed by atoms with Crippen LogP contribution in [0.1, 0.15) is 46.1 Å². The van der Waals surface area contributed by atoms with Crippen molar-refractivity contribution in [2.45, 2.75) is 45.8 Å². The van der Waals surface area contributed by atoms with Crippen LogP contribution in [0, 0.1) is 6.92 Å². The van der Waals surface area contributed by atoms with Gasteiger partial charge in [-0.2, -0.15) is 5.10 Å². The van der Waals surface area contributed by atoms with Crippen LogP contribution < -0.4 is 10.6 Å². The molecular weight excluding hydrogens is 306 g/mol. The Bertz CT molecular complexity index is 758. The second-order valence-corrected chi connectivity index (χ2v) is 6.34. The van der Waals surface area contributed by atoms with Gasteiger partial charge in [0.25, 0.3) is 11.8 Å². The number of nitrogens with zero attached hydrogens (tertiary/aromatic N) is 3. The minimum Gasteiger partial charge on any atom is -0.348 e. The van der Waals surface area contributed by atoms with Crippen LogP contribution in [0.4, 0.5) is 0 Å². The first kappa shape index (κ1) is 16.2. The monoisotopic (exact) mass is 327 g/mol. The van der Waals surface area contributed by atoms with Gasteiger partial charge in [0, 0.05) is 30.0 Å². The molecule has 0 aromatic carbocycles. The van der Waals surface area contributed by atoms with E-state index in [0.29, 0.717) is 29.9 Å². The van der Waals surface area contributed by atoms with E-state index in [-0.39, 0.29) is 23.9 Å². The number of aryl methyl sites for hydroxylation is 1. The molecule has 3 heterocycles. The average Bonchev–Trinajstić information content (AvgIpc) is 3.05. The maximum absolute atomic E-state index is 12.3. The SMILES string of the molecule is Cc1ncccc1C(=O)NC1Cc2cc(C(=O)NC(C)C)nn2C1. The smallest absolute Gasteiger partial charge is 0.271 e. The lowest BCUT2D eigenvalue weighted by Crippen LogP contribution is -2.36. The molecule has 2 N–H and O–H groups in total. The standard InChI is InChI=1S/C17H21N5O2/c1-10(2)19-17(24)15-8-13-7-12(9-22(13)21-15)20-16(23)14-5-4-6-18-11(14)3/h4-6,8,10,12H,7,9H2,1-3H3,(H,19,24)(H,20,23). The van der Waals surface area contributed by atoms with Gasteiger partial charge in [-0.3, -0.25) is 19.3 Å². The van der Waals surface area contributed by atoms with Crippen molar-refractivity contribution in [3.05, 3.63) is 47.0 Å². The number of aromatic nitrogens is 3. The van der Waals surface area contributed by atoms with Gasteiger partial charge in [-0.15, -0.1) is 0 Å². The molecule has 2 amide bonds. The molecule has 3 rings (SSSR count). The highest BCUT2D eigenvalue weighted by molar-refractivity contribution is 5.95. The summed E-state index contributed by atoms with van der Waals surface area (Å²) in [5.41, 5.74) is 2.67. The quantitative estimate of drug-likeness (QED) is 0.879. The van der Waals surface area contributed by atoms with Crippen molar-refractivity contribution in [2.24, 2.45) is 0 Å². The van der Waals surface area contributed by atoms with E-state index >= 15 is 0 Å². The van der Waals surface area contributed by atoms with Crippen LogP contribution in [-0.4, -0.2) is 38.7 Å². The predicted molar refractivity (Wildman–Crippen MR) is 88.8 cm³/mol. The summed E-state index contributed by atoms with van der Waals surface area (Å²) in [6.45, 7) is 6.20. The van der Waals surface area contributed by atoms with Crippen LogP contribution in [0.2, 0.25) is 0 Å². The largest absolute Gasteiger partial charge is 0.348 e. The molecule has 0 spiro atoms. The van der Waals surface area contributed by atoms with Gasteiger partial charge < -0.3 is 10.6 Å². The van der Waals surface area contributed by atoms with Gasteiger partial charge in [0.2, 0.25) is 0 Å². The fraction of sp³-hybridized carbons (Fsp3) is 0.412. The normalized spacial score (nSPS) is 16.1. The van der Waals surface area contributed by atoms with Gasteiger partial charge >= 0.3 is 0 Å². The number of pyridine rings is 1. The van der Waals surface area contributed by atoms with Crippen LogP contribution in [0.5, 0.6) is 0 Å². The Morgan fingerprint density at radius 2 is 2.12 bits per heavy atom. The molecule has 1 atom stereocenters. The summed E-state index contributed by atoms with van der Waals surface area (Å²) in [7, 11) is 0. The van der Waals surface area contributed by atoms with Crippen LogP contribution in [0.15, 0.2) is 24.4 Å². The summed E-state index contributed by atoms with van der Waals surface area (Å²) >= 11 is 0. The van der Waals surface area contributed by atoms with E-state index in [1.807, 2.05) is 20.8 Å². The summed E-state index contributed by atoms with van der Waals surface area (Å²) < 4.78 is 1.79. The summed E-state index contributed by atoms with van der Waals surface area (Å²) in [6, 6.07) is 5.35. The molecule has 2 aromatic rings. The van der Waals surface area contributed by atoms with Gasteiger partial charge in [-0.1, -0.05) is 0 Å². The molecule has 0 fully saturated rings. The summed E-state index contributed by atoms with van der Waals surface area (Å²) in [4.78, 5) is 28.5. The first-order valence-corrected chi connectivity index (χ1v) is 8.04. The predicted octanol–water partition coefficient (Wildman–Crippen LogP) is 1.08. The minimum atomic E-state index is -0.168. The molecule has 0 radical (unpaired) electrons. The van der Waals surface area contributed by atoms with Gasteiger partial charge in [-0.05, 0) is 39.0 Å². The molecule has 7 heteroatoms. The number of rotatable bonds is 4. The number of amides is 2. The van der Waals surface area contributed by atoms with E-state index in [2.05, 4.69) is 20.7 Å². The van der Waals surface area contributed by atoms with Gasteiger partial charge in [0.1, 0.15) is 5.69 Å². The average molecular weight is 327 g/mol. The zero-order valence-electron chi connectivity index (χ0n) is 14.0. The van der Waals surface area contributed by atoms with Crippen molar-refractivity contribution < 1.29 is 9.59 Å². The van der Waals surface area contributed by atoms with E-state index in [0.717, 1.165) is 5.69 Å². The topological polar surface area (TPSA) is 88.9 Å². The van der Waals surface area contributed by atoms with E-state index in [9.17, 15) is 9.59 Å². The minimum absolute atomic E-state index is 0.0261. The fourth-order valence-electron chi connectivity index (χ4n) is 2.83. The van der Waals surface area contributed by atoms with E-state index in [1.54, 1.807) is 29.1 Å². The molecule has 0 bridgehead atoms. The molecule has 0 saturated heterocycles. The van der Waals surface area contributed by atoms with Crippen molar-refractivity contribution in [3.8, 4) is 0 Å². The highest BCUT2D eigenvalue weighted by Crippen LogP contribution is 2.17. The third-order valence-corrected chi connectivity index (χ3v) is 3.95. The Morgan fingerprint density at radius 1 is 1.33 bits per heavy atom. The molecule has 126 valence electrons. The van der Waals surface area contributed by atoms with Crippen molar-refractivity contribution in [3.63, 3.8) is 0 Å². The molecule has 0 aliphatic carbocycles. The van der Waals surface area contributed by atoms with Gasteiger partial charge in [0.15, 0.2) is 0 Å². The number of fused-ring (bicyclic) bond motifs is 1. The maximum atomic E-state index is 12.3. The zero-order valence-corrected chi connectivity index (χ0v) is 14.0. The Kier molecular flexibility index (Phi) is 4.33. The van der Waals surface area contributed by atoms with Crippen molar-refractivity contribution in [1.82, 2.24) is 25.4 Å². The number of hydrogen-bond donors (Lipinski definition) is 2. The fourth-order valence-corrected chi connectivity index (χ4v) is 2.83. The first-order chi connectivity index (χ1) is 11.4. The molecule has 1 aliphatic rings. The van der Waals surface area contributed by atoms with E-state index < -0.39 is 0 Å². The van der Waals surface area contributed by atoms with E-state index in [1.165, 1.54) is 0 Å². The lowest BCUT2D eigenvalue weighted by molar-refractivity contribution is 0.0923. The number of carbonyl (C=O) groups excluding carboxylic acids is 2. The van der Waals surface area contributed by atoms with Crippen LogP contribution in [0.3, 0.4) is 0 Å². The first-order valence-electron chi connectivity index (χ1n) is 8.04. The molecule has 2 aromatic heterocycles. The number of nitrogens with one attached hydrogen (secondary N) is 2. The summed E-state index contributed by atoms with van der Waals surface area (Å²) in [5.74, 6) is -0.299. The number of hydrogen-bond acceptors (Lipinski definition) is 4. The lowest BCUT2D eigenvalue weighted by Gasteiger charge is -2.13. The van der Waals surface area contributed by atoms with E-state index in [4.69, 9.17) is 0 Å². The maximum Gasteiger partial charge on any atom is 0.271 e. The van der Waals surface area contributed by atoms with Gasteiger partial charge in [0.05, 0.1) is 18.2 Å². The van der Waals surface area contributed by atoms with Crippen LogP contribution in [-0.2, 0) is 13.0 Å². The molecule has 1 aliphatic heterocycles. The Hall–Kier alpha value is -2.70. The lowest BCUT2D eigenvalue weighted by atomic mass is 10.1. The zero-order chi connectivity index (χ0) is 17.3. The molecule has 7 nitrogen and oxygen atoms in total. The molecular formula is C17H21N5O2. The Balaban J connectivity index is 1.63. The third kappa shape index (κ3) is 3.29. The van der Waals surface area contributed by atoms with Crippen molar-refractivity contribution in [1.29, 1.82) is 0 Å².